The van der Waals surface area contributed by atoms with E-state index in [2.05, 4.69) is 47.1 Å². The van der Waals surface area contributed by atoms with E-state index in [1.165, 1.54) is 0 Å². The van der Waals surface area contributed by atoms with Gasteiger partial charge >= 0.3 is 66.0 Å². The SMILES string of the molecule is COc1cc(C[NH2+]Cc2ccc3c(c2)OCCOCCOCCC/C=C/CCCOCCOCCO3)cc(OC)c1.COc1cc(C[NH2+]Cc2ccc3c(c2)OCCOCCOCCC/C=C/CCCOCCOCCO3)cc(OC)c1.F[P-](F)(F)(F)(F)F.F[P-](F)(F)(F)(F)F. The molecule has 0 amide bonds. The molecule has 2 heterocycles. The van der Waals surface area contributed by atoms with Crippen LogP contribution in [0.5, 0.6) is 46.0 Å². The molecule has 4 aromatic rings. The van der Waals surface area contributed by atoms with Gasteiger partial charge in [-0.1, -0.05) is 24.3 Å². The number of quaternary nitrogens is 2. The fourth-order valence-electron chi connectivity index (χ4n) is 8.42. The van der Waals surface area contributed by atoms with Gasteiger partial charge in [0.15, 0.2) is 23.0 Å². The maximum absolute atomic E-state index is 10.7. The number of benzene rings is 4. The Morgan fingerprint density at radius 2 is 0.500 bits per heavy atom. The summed E-state index contributed by atoms with van der Waals surface area (Å²) in [4.78, 5) is 0. The van der Waals surface area contributed by atoms with Crippen LogP contribution in [-0.2, 0) is 64.1 Å². The fraction of sp³-hybridized carbons (Fsp3) is 0.562. The van der Waals surface area contributed by atoms with Gasteiger partial charge in [0.2, 0.25) is 0 Å². The Kier molecular flexibility index (Phi) is 38.5. The van der Waals surface area contributed by atoms with Crippen LogP contribution >= 0.6 is 15.6 Å². The summed E-state index contributed by atoms with van der Waals surface area (Å²) >= 11 is 0. The Balaban J connectivity index is 0.000000416. The van der Waals surface area contributed by atoms with Crippen molar-refractivity contribution in [3.8, 4) is 46.0 Å². The van der Waals surface area contributed by atoms with E-state index in [0.29, 0.717) is 129 Å². The Morgan fingerprint density at radius 1 is 0.281 bits per heavy atom. The molecule has 0 spiro atoms. The Bertz CT molecular complexity index is 2570. The number of nitrogens with two attached hydrogens (primary N) is 2. The molecule has 0 saturated heterocycles. The van der Waals surface area contributed by atoms with Gasteiger partial charge in [-0.2, -0.15) is 0 Å². The second kappa shape index (κ2) is 43.7. The van der Waals surface area contributed by atoms with Crippen molar-refractivity contribution < 1.29 is 137 Å². The summed E-state index contributed by atoms with van der Waals surface area (Å²) in [6.45, 7) is 14.2. The van der Waals surface area contributed by atoms with Crippen molar-refractivity contribution in [3.63, 3.8) is 0 Å². The third-order valence-corrected chi connectivity index (χ3v) is 12.8. The van der Waals surface area contributed by atoms with Crippen LogP contribution in [0.25, 0.3) is 0 Å². The van der Waals surface area contributed by atoms with Gasteiger partial charge in [-0.3, -0.25) is 0 Å². The van der Waals surface area contributed by atoms with Gasteiger partial charge in [0, 0.05) is 60.8 Å². The normalized spacial score (nSPS) is 18.8. The van der Waals surface area contributed by atoms with E-state index in [9.17, 15) is 50.4 Å². The molecule has 0 saturated carbocycles. The van der Waals surface area contributed by atoms with Crippen molar-refractivity contribution in [3.05, 3.63) is 119 Å². The van der Waals surface area contributed by atoms with Crippen LogP contribution in [-0.4, -0.2) is 161 Å². The quantitative estimate of drug-likeness (QED) is 0.0776. The Morgan fingerprint density at radius 3 is 0.750 bits per heavy atom. The average molecular weight is 1440 g/mol. The molecule has 552 valence electrons. The van der Waals surface area contributed by atoms with Gasteiger partial charge in [0.25, 0.3) is 0 Å². The number of hydrogen-bond donors (Lipinski definition) is 2. The molecule has 0 fully saturated rings. The minimum atomic E-state index is -10.7. The predicted molar refractivity (Wildman–Crippen MR) is 342 cm³/mol. The van der Waals surface area contributed by atoms with Crippen LogP contribution in [0.2, 0.25) is 0 Å². The third kappa shape index (κ3) is 51.6. The molecule has 0 aromatic heterocycles. The number of fused-ring (bicyclic) bond motifs is 2. The molecule has 0 radical (unpaired) electrons. The predicted octanol–water partition coefficient (Wildman–Crippen LogP) is 14.6. The van der Waals surface area contributed by atoms with E-state index >= 15 is 0 Å². The summed E-state index contributed by atoms with van der Waals surface area (Å²) in [6.07, 6.45) is 17.0. The van der Waals surface area contributed by atoms with Gasteiger partial charge in [0.1, 0.15) is 75.6 Å². The summed E-state index contributed by atoms with van der Waals surface area (Å²) < 4.78 is 210. The van der Waals surface area contributed by atoms with Gasteiger partial charge in [-0.15, -0.1) is 0 Å². The molecule has 18 nitrogen and oxygen atoms in total. The fourth-order valence-corrected chi connectivity index (χ4v) is 8.42. The molecule has 0 atom stereocenters. The summed E-state index contributed by atoms with van der Waals surface area (Å²) in [5, 5.41) is 4.46. The van der Waals surface area contributed by atoms with Crippen LogP contribution in [0, 0.1) is 0 Å². The molecular weight excluding hydrogens is 1340 g/mol. The van der Waals surface area contributed by atoms with E-state index in [1.807, 2.05) is 60.7 Å². The van der Waals surface area contributed by atoms with Crippen LogP contribution in [0.1, 0.15) is 73.6 Å². The first-order valence-corrected chi connectivity index (χ1v) is 35.4. The van der Waals surface area contributed by atoms with E-state index < -0.39 is 15.6 Å². The summed E-state index contributed by atoms with van der Waals surface area (Å²) in [5.74, 6) is 5.92. The number of rotatable bonds is 12. The molecular formula is C64H96F12N2O16P2. The van der Waals surface area contributed by atoms with E-state index in [4.69, 9.17) is 75.8 Å². The second-order valence-electron chi connectivity index (χ2n) is 21.1. The number of hydrogen-bond acceptors (Lipinski definition) is 16. The zero-order valence-corrected chi connectivity index (χ0v) is 56.8. The van der Waals surface area contributed by atoms with Crippen molar-refractivity contribution in [2.45, 2.75) is 77.5 Å². The number of methoxy groups -OCH3 is 4. The third-order valence-electron chi connectivity index (χ3n) is 12.8. The van der Waals surface area contributed by atoms with Crippen molar-refractivity contribution in [1.82, 2.24) is 0 Å². The Labute approximate surface area is 554 Å². The number of allylic oxidation sites excluding steroid dienone is 4. The van der Waals surface area contributed by atoms with Crippen LogP contribution in [0.4, 0.5) is 50.4 Å². The monoisotopic (exact) mass is 1440 g/mol. The molecule has 4 aromatic carbocycles. The van der Waals surface area contributed by atoms with Crippen molar-refractivity contribution in [1.29, 1.82) is 0 Å². The molecule has 0 bridgehead atoms. The van der Waals surface area contributed by atoms with Gasteiger partial charge in [0.05, 0.1) is 108 Å². The Hall–Kier alpha value is -5.62. The average Bonchev–Trinajstić information content (AvgIpc) is 0.803. The first-order chi connectivity index (χ1) is 45.5. The minimum absolute atomic E-state index is 0.422. The number of halogens is 12. The summed E-state index contributed by atoms with van der Waals surface area (Å²) in [6, 6.07) is 24.0. The van der Waals surface area contributed by atoms with Crippen LogP contribution in [0.15, 0.2) is 97.1 Å². The molecule has 0 aliphatic carbocycles. The first-order valence-electron chi connectivity index (χ1n) is 31.4. The van der Waals surface area contributed by atoms with Gasteiger partial charge < -0.3 is 86.4 Å². The molecule has 4 N–H and O–H groups in total. The molecule has 2 aliphatic heterocycles. The maximum atomic E-state index is 9.87. The van der Waals surface area contributed by atoms with Crippen molar-refractivity contribution in [2.75, 3.05) is 161 Å². The van der Waals surface area contributed by atoms with E-state index in [-0.39, 0.29) is 0 Å². The van der Waals surface area contributed by atoms with Crippen LogP contribution in [0.3, 0.4) is 0 Å². The summed E-state index contributed by atoms with van der Waals surface area (Å²) in [7, 11) is -14.7. The van der Waals surface area contributed by atoms with Crippen molar-refractivity contribution >= 4 is 15.6 Å². The molecule has 2 aliphatic rings. The van der Waals surface area contributed by atoms with Crippen molar-refractivity contribution in [2.24, 2.45) is 0 Å². The van der Waals surface area contributed by atoms with E-state index in [0.717, 1.165) is 149 Å². The molecule has 0 unspecified atom stereocenters. The molecule has 32 heteroatoms. The molecule has 96 heavy (non-hydrogen) atoms. The summed E-state index contributed by atoms with van der Waals surface area (Å²) in [5.41, 5.74) is 4.52. The standard InChI is InChI=1S/2C32H47NO8.2F6P/c2*1-34-29-21-28(22-30(24-29)35-2)26-33-25-27-9-10-31-32(23-27)41-20-18-39-16-14-37-12-8-6-4-3-5-7-11-36-13-15-38-17-19-40-31;2*1-7(2,3,4,5)6/h2*3-4,9-10,21-24,33H,5-8,11-20,25-26H2,1-2H3;;/q;;2*-1/p+2/b2*4-3+;;. The number of ether oxygens (including phenoxy) is 16. The zero-order chi connectivity index (χ0) is 70.4. The van der Waals surface area contributed by atoms with Crippen LogP contribution < -0.4 is 48.5 Å². The van der Waals surface area contributed by atoms with Gasteiger partial charge in [-0.05, 0) is 112 Å². The first kappa shape index (κ1) is 84.6. The van der Waals surface area contributed by atoms with E-state index in [1.54, 1.807) is 28.4 Å². The second-order valence-corrected chi connectivity index (χ2v) is 25.0. The van der Waals surface area contributed by atoms with Gasteiger partial charge in [-0.25, -0.2) is 0 Å². The molecule has 6 rings (SSSR count). The topological polar surface area (TPSA) is 181 Å². The zero-order valence-electron chi connectivity index (χ0n) is 55.0.